The Labute approximate surface area is 265 Å². The lowest BCUT2D eigenvalue weighted by atomic mass is 9.98. The fraction of sp³-hybridized carbons (Fsp3) is 0.389. The second-order valence-corrected chi connectivity index (χ2v) is 13.2. The summed E-state index contributed by atoms with van der Waals surface area (Å²) >= 11 is 0. The van der Waals surface area contributed by atoms with E-state index in [9.17, 15) is 14.4 Å². The van der Waals surface area contributed by atoms with E-state index in [-0.39, 0.29) is 11.9 Å². The highest BCUT2D eigenvalue weighted by Gasteiger charge is 2.36. The fourth-order valence-electron chi connectivity index (χ4n) is 5.77. The molecule has 1 fully saturated rings. The minimum absolute atomic E-state index is 0.141. The monoisotopic (exact) mass is 609 g/mol. The first-order valence-corrected chi connectivity index (χ1v) is 15.6. The molecule has 1 unspecified atom stereocenters. The summed E-state index contributed by atoms with van der Waals surface area (Å²) in [5, 5.41) is 5.60. The van der Waals surface area contributed by atoms with Gasteiger partial charge in [-0.15, -0.1) is 0 Å². The first kappa shape index (κ1) is 31.8. The highest BCUT2D eigenvalue weighted by molar-refractivity contribution is 5.93. The molecule has 1 aromatic heterocycles. The summed E-state index contributed by atoms with van der Waals surface area (Å²) in [7, 11) is 0. The highest BCUT2D eigenvalue weighted by Crippen LogP contribution is 2.33. The molecule has 0 aliphatic carbocycles. The molecule has 2 heterocycles. The van der Waals surface area contributed by atoms with Crippen molar-refractivity contribution in [2.45, 2.75) is 77.1 Å². The summed E-state index contributed by atoms with van der Waals surface area (Å²) in [5.74, 6) is 0.322. The second kappa shape index (κ2) is 13.1. The summed E-state index contributed by atoms with van der Waals surface area (Å²) in [6.07, 6.45) is 1.14. The lowest BCUT2D eigenvalue weighted by Crippen LogP contribution is -2.60. The Morgan fingerprint density at radius 1 is 0.867 bits per heavy atom. The van der Waals surface area contributed by atoms with Crippen LogP contribution in [0.25, 0.3) is 22.4 Å². The van der Waals surface area contributed by atoms with Gasteiger partial charge in [-0.3, -0.25) is 9.59 Å². The lowest BCUT2D eigenvalue weighted by Gasteiger charge is -2.36. The van der Waals surface area contributed by atoms with Crippen molar-refractivity contribution >= 4 is 28.9 Å². The summed E-state index contributed by atoms with van der Waals surface area (Å²) in [4.78, 5) is 46.8. The molecule has 0 spiro atoms. The number of rotatable bonds is 8. The van der Waals surface area contributed by atoms with Gasteiger partial charge < -0.3 is 24.8 Å². The van der Waals surface area contributed by atoms with Crippen LogP contribution in [0.1, 0.15) is 59.1 Å². The quantitative estimate of drug-likeness (QED) is 0.259. The number of likely N-dealkylation sites (tertiary alicyclic amines) is 1. The van der Waals surface area contributed by atoms with Gasteiger partial charge in [0.15, 0.2) is 0 Å². The molecule has 3 amide bonds. The summed E-state index contributed by atoms with van der Waals surface area (Å²) in [6.45, 7) is 9.57. The third-order valence-corrected chi connectivity index (χ3v) is 8.04. The van der Waals surface area contributed by atoms with E-state index in [1.54, 1.807) is 34.6 Å². The van der Waals surface area contributed by atoms with Crippen LogP contribution in [0.4, 0.5) is 4.79 Å². The maximum atomic E-state index is 14.0. The molecule has 1 aliphatic rings. The van der Waals surface area contributed by atoms with Gasteiger partial charge in [0.2, 0.25) is 11.8 Å². The molecule has 0 radical (unpaired) electrons. The Morgan fingerprint density at radius 2 is 1.47 bits per heavy atom. The SMILES string of the molecule is CC(C)(C)OC(=O)NC(C)(C)C(=O)NC(Cc1ccccc1)C(=O)N1CCC(n2c(-c3ccccc3)nc3ccccc32)CC1. The number of para-hydroxylation sites is 2. The van der Waals surface area contributed by atoms with E-state index in [1.165, 1.54) is 0 Å². The van der Waals surface area contributed by atoms with Crippen molar-refractivity contribution in [1.29, 1.82) is 0 Å². The van der Waals surface area contributed by atoms with Crippen molar-refractivity contribution in [3.63, 3.8) is 0 Å². The number of aromatic nitrogens is 2. The molecule has 0 saturated carbocycles. The van der Waals surface area contributed by atoms with Gasteiger partial charge in [0.05, 0.1) is 11.0 Å². The molecular weight excluding hydrogens is 566 g/mol. The zero-order valence-corrected chi connectivity index (χ0v) is 26.7. The average Bonchev–Trinajstić information content (AvgIpc) is 3.40. The number of piperidine rings is 1. The van der Waals surface area contributed by atoms with Gasteiger partial charge in [-0.2, -0.15) is 0 Å². The fourth-order valence-corrected chi connectivity index (χ4v) is 5.77. The summed E-state index contributed by atoms with van der Waals surface area (Å²) < 4.78 is 7.68. The molecular formula is C36H43N5O4. The van der Waals surface area contributed by atoms with E-state index >= 15 is 0 Å². The van der Waals surface area contributed by atoms with Crippen molar-refractivity contribution in [1.82, 2.24) is 25.1 Å². The molecule has 2 N–H and O–H groups in total. The number of amides is 3. The van der Waals surface area contributed by atoms with E-state index in [0.29, 0.717) is 19.5 Å². The number of carbonyl (C=O) groups is 3. The first-order chi connectivity index (χ1) is 21.4. The second-order valence-electron chi connectivity index (χ2n) is 13.2. The largest absolute Gasteiger partial charge is 0.444 e. The molecule has 9 heteroatoms. The van der Waals surface area contributed by atoms with E-state index < -0.39 is 29.2 Å². The van der Waals surface area contributed by atoms with Gasteiger partial charge in [0.25, 0.3) is 0 Å². The topological polar surface area (TPSA) is 106 Å². The number of hydrogen-bond donors (Lipinski definition) is 2. The van der Waals surface area contributed by atoms with E-state index in [4.69, 9.17) is 9.72 Å². The molecule has 1 aliphatic heterocycles. The number of benzene rings is 3. The van der Waals surface area contributed by atoms with Gasteiger partial charge in [0.1, 0.15) is 23.0 Å². The molecule has 9 nitrogen and oxygen atoms in total. The molecule has 236 valence electrons. The standard InChI is InChI=1S/C36H43N5O4/c1-35(2,3)45-34(44)39-36(4,5)33(43)38-29(24-25-14-8-6-9-15-25)32(42)40-22-20-27(21-23-40)41-30-19-13-12-18-28(30)37-31(41)26-16-10-7-11-17-26/h6-19,27,29H,20-24H2,1-5H3,(H,38,43)(H,39,44). The number of hydrogen-bond acceptors (Lipinski definition) is 5. The van der Waals surface area contributed by atoms with E-state index in [1.807, 2.05) is 71.6 Å². The number of nitrogens with one attached hydrogen (secondary N) is 2. The van der Waals surface area contributed by atoms with E-state index in [0.717, 1.165) is 40.8 Å². The van der Waals surface area contributed by atoms with Crippen LogP contribution < -0.4 is 10.6 Å². The number of ether oxygens (including phenoxy) is 1. The van der Waals surface area contributed by atoms with Crippen LogP contribution in [0.3, 0.4) is 0 Å². The third-order valence-electron chi connectivity index (χ3n) is 8.04. The van der Waals surface area contributed by atoms with Crippen LogP contribution >= 0.6 is 0 Å². The number of nitrogens with zero attached hydrogens (tertiary/aromatic N) is 3. The van der Waals surface area contributed by atoms with Crippen molar-refractivity contribution in [3.05, 3.63) is 90.5 Å². The molecule has 5 rings (SSSR count). The normalized spacial score (nSPS) is 15.0. The maximum absolute atomic E-state index is 14.0. The smallest absolute Gasteiger partial charge is 0.408 e. The Hall–Kier alpha value is -4.66. The molecule has 1 atom stereocenters. The van der Waals surface area contributed by atoms with Crippen molar-refractivity contribution in [2.75, 3.05) is 13.1 Å². The zero-order valence-electron chi connectivity index (χ0n) is 26.7. The Kier molecular flexibility index (Phi) is 9.27. The van der Waals surface area contributed by atoms with Crippen molar-refractivity contribution in [2.24, 2.45) is 0 Å². The van der Waals surface area contributed by atoms with E-state index in [2.05, 4.69) is 33.4 Å². The number of imidazole rings is 1. The Bertz CT molecular complexity index is 1630. The van der Waals surface area contributed by atoms with Gasteiger partial charge >= 0.3 is 6.09 Å². The van der Waals surface area contributed by atoms with Crippen LogP contribution in [0, 0.1) is 0 Å². The van der Waals surface area contributed by atoms with Gasteiger partial charge in [-0.25, -0.2) is 9.78 Å². The van der Waals surface area contributed by atoms with Gasteiger partial charge in [-0.1, -0.05) is 72.8 Å². The van der Waals surface area contributed by atoms with Crippen LogP contribution in [0.5, 0.6) is 0 Å². The van der Waals surface area contributed by atoms with Crippen LogP contribution in [-0.2, 0) is 20.7 Å². The predicted molar refractivity (Wildman–Crippen MR) is 176 cm³/mol. The first-order valence-electron chi connectivity index (χ1n) is 15.6. The molecule has 45 heavy (non-hydrogen) atoms. The average molecular weight is 610 g/mol. The van der Waals surface area contributed by atoms with Crippen LogP contribution in [-0.4, -0.2) is 62.6 Å². The molecule has 3 aromatic carbocycles. The third kappa shape index (κ3) is 7.71. The van der Waals surface area contributed by atoms with Crippen LogP contribution in [0.15, 0.2) is 84.9 Å². The van der Waals surface area contributed by atoms with Gasteiger partial charge in [-0.05, 0) is 65.2 Å². The predicted octanol–water partition coefficient (Wildman–Crippen LogP) is 5.90. The summed E-state index contributed by atoms with van der Waals surface area (Å²) in [5.41, 5.74) is 2.00. The lowest BCUT2D eigenvalue weighted by molar-refractivity contribution is -0.138. The number of fused-ring (bicyclic) bond motifs is 1. The number of carbonyl (C=O) groups excluding carboxylic acids is 3. The van der Waals surface area contributed by atoms with Crippen molar-refractivity contribution < 1.29 is 19.1 Å². The Morgan fingerprint density at radius 3 is 2.11 bits per heavy atom. The van der Waals surface area contributed by atoms with Crippen molar-refractivity contribution in [3.8, 4) is 11.4 Å². The minimum atomic E-state index is -1.30. The zero-order chi connectivity index (χ0) is 32.2. The number of alkyl carbamates (subject to hydrolysis) is 1. The maximum Gasteiger partial charge on any atom is 0.408 e. The molecule has 0 bridgehead atoms. The Balaban J connectivity index is 1.32. The molecule has 1 saturated heterocycles. The van der Waals surface area contributed by atoms with Gasteiger partial charge in [0, 0.05) is 31.1 Å². The summed E-state index contributed by atoms with van der Waals surface area (Å²) in [6, 6.07) is 27.4. The minimum Gasteiger partial charge on any atom is -0.444 e. The van der Waals surface area contributed by atoms with Crippen LogP contribution in [0.2, 0.25) is 0 Å². The molecule has 4 aromatic rings. The highest BCUT2D eigenvalue weighted by atomic mass is 16.6.